The van der Waals surface area contributed by atoms with Crippen LogP contribution in [0, 0.1) is 10.6 Å². The Balaban J connectivity index is 1.96. The molecule has 0 atom stereocenters. The molecule has 0 saturated heterocycles. The zero-order valence-corrected chi connectivity index (χ0v) is 16.4. The second-order valence-corrected chi connectivity index (χ2v) is 6.72. The van der Waals surface area contributed by atoms with E-state index in [-0.39, 0.29) is 16.0 Å². The first-order valence-electron chi connectivity index (χ1n) is 8.73. The first-order chi connectivity index (χ1) is 14.4. The number of H-pyrrole nitrogens is 1. The molecular weight excluding hydrogens is 409 g/mol. The van der Waals surface area contributed by atoms with Gasteiger partial charge in [-0.2, -0.15) is 0 Å². The average Bonchev–Trinajstić information content (AvgIpc) is 3.10. The van der Waals surface area contributed by atoms with Crippen molar-refractivity contribution >= 4 is 41.2 Å². The summed E-state index contributed by atoms with van der Waals surface area (Å²) in [6.07, 6.45) is 1.35. The Morgan fingerprint density at radius 1 is 1.23 bits per heavy atom. The van der Waals surface area contributed by atoms with Crippen molar-refractivity contribution in [3.05, 3.63) is 80.6 Å². The minimum atomic E-state index is -0.681. The van der Waals surface area contributed by atoms with E-state index in [2.05, 4.69) is 9.98 Å². The highest BCUT2D eigenvalue weighted by Gasteiger charge is 2.28. The smallest absolute Gasteiger partial charge is 0.357 e. The first kappa shape index (κ1) is 19.5. The molecule has 0 fully saturated rings. The molecule has 0 radical (unpaired) electrons. The van der Waals surface area contributed by atoms with Crippen molar-refractivity contribution in [2.45, 2.75) is 0 Å². The average molecular weight is 423 g/mol. The summed E-state index contributed by atoms with van der Waals surface area (Å²) >= 11 is 5.17. The molecule has 0 saturated carbocycles. The molecule has 2 N–H and O–H groups in total. The number of hydrogen-bond donors (Lipinski definition) is 2. The molecule has 0 amide bonds. The van der Waals surface area contributed by atoms with Crippen LogP contribution in [0.4, 0.5) is 10.1 Å². The standard InChI is InChI=1S/C21H14FN3O4S/c1-29-20(28)17-14(13-4-2-3-5-16(13)23-17)10-15-18(26)24-21(30)25(19(15)27)12-8-6-11(22)7-9-12/h2-10,27H,1H3,(H,24,26,30). The lowest BCUT2D eigenvalue weighted by Crippen LogP contribution is -2.18. The van der Waals surface area contributed by atoms with Crippen LogP contribution in [-0.4, -0.2) is 33.4 Å². The summed E-state index contributed by atoms with van der Waals surface area (Å²) in [6.45, 7) is 0. The number of aromatic nitrogens is 2. The highest BCUT2D eigenvalue weighted by atomic mass is 32.1. The molecule has 1 aliphatic rings. The number of benzene rings is 2. The second-order valence-electron chi connectivity index (χ2n) is 6.34. The SMILES string of the molecule is COC(=O)C1=Nc2ccccc2C1=Cc1c(O)n(-c2ccc(F)cc2)c(=S)[nH]c1=O. The number of fused-ring (bicyclic) bond motifs is 1. The van der Waals surface area contributed by atoms with Gasteiger partial charge in [0.15, 0.2) is 10.5 Å². The van der Waals surface area contributed by atoms with Crippen LogP contribution in [0.1, 0.15) is 11.1 Å². The number of aromatic hydroxyl groups is 1. The topological polar surface area (TPSA) is 96.7 Å². The highest BCUT2D eigenvalue weighted by Crippen LogP contribution is 2.36. The van der Waals surface area contributed by atoms with Gasteiger partial charge in [-0.05, 0) is 48.6 Å². The van der Waals surface area contributed by atoms with Gasteiger partial charge in [0, 0.05) is 11.1 Å². The fourth-order valence-electron chi connectivity index (χ4n) is 3.15. The molecule has 2 heterocycles. The second kappa shape index (κ2) is 7.53. The third kappa shape index (κ3) is 3.25. The van der Waals surface area contributed by atoms with Gasteiger partial charge in [-0.1, -0.05) is 18.2 Å². The molecule has 30 heavy (non-hydrogen) atoms. The molecule has 1 aliphatic heterocycles. The summed E-state index contributed by atoms with van der Waals surface area (Å²) in [6, 6.07) is 12.2. The minimum absolute atomic E-state index is 0.00767. The Morgan fingerprint density at radius 3 is 2.63 bits per heavy atom. The van der Waals surface area contributed by atoms with Crippen LogP contribution in [-0.2, 0) is 9.53 Å². The van der Waals surface area contributed by atoms with Crippen molar-refractivity contribution in [2.24, 2.45) is 4.99 Å². The quantitative estimate of drug-likeness (QED) is 0.496. The van der Waals surface area contributed by atoms with Crippen molar-refractivity contribution in [3.8, 4) is 11.6 Å². The monoisotopic (exact) mass is 423 g/mol. The normalized spacial score (nSPS) is 13.8. The summed E-state index contributed by atoms with van der Waals surface area (Å²) in [5.74, 6) is -1.60. The molecule has 2 aromatic carbocycles. The van der Waals surface area contributed by atoms with Gasteiger partial charge in [0.2, 0.25) is 5.88 Å². The summed E-state index contributed by atoms with van der Waals surface area (Å²) < 4.78 is 19.2. The van der Waals surface area contributed by atoms with Gasteiger partial charge in [0.1, 0.15) is 11.4 Å². The molecule has 0 spiro atoms. The van der Waals surface area contributed by atoms with Gasteiger partial charge in [0.25, 0.3) is 5.56 Å². The number of rotatable bonds is 3. The molecule has 7 nitrogen and oxygen atoms in total. The van der Waals surface area contributed by atoms with Crippen molar-refractivity contribution in [3.63, 3.8) is 0 Å². The Bertz CT molecular complexity index is 1350. The van der Waals surface area contributed by atoms with E-state index >= 15 is 0 Å². The molecule has 9 heteroatoms. The maximum absolute atomic E-state index is 13.3. The number of nitrogens with zero attached hydrogens (tertiary/aromatic N) is 2. The predicted molar refractivity (Wildman–Crippen MR) is 112 cm³/mol. The number of ether oxygens (including phenoxy) is 1. The summed E-state index contributed by atoms with van der Waals surface area (Å²) in [5, 5.41) is 10.8. The molecule has 0 bridgehead atoms. The lowest BCUT2D eigenvalue weighted by atomic mass is 10.0. The van der Waals surface area contributed by atoms with E-state index in [0.717, 1.165) is 0 Å². The van der Waals surface area contributed by atoms with E-state index < -0.39 is 23.2 Å². The van der Waals surface area contributed by atoms with Gasteiger partial charge >= 0.3 is 5.97 Å². The van der Waals surface area contributed by atoms with Crippen molar-refractivity contribution in [1.29, 1.82) is 0 Å². The van der Waals surface area contributed by atoms with Crippen molar-refractivity contribution in [1.82, 2.24) is 9.55 Å². The van der Waals surface area contributed by atoms with Gasteiger partial charge in [-0.15, -0.1) is 0 Å². The first-order valence-corrected chi connectivity index (χ1v) is 9.14. The Hall–Kier alpha value is -3.85. The predicted octanol–water partition coefficient (Wildman–Crippen LogP) is 3.54. The van der Waals surface area contributed by atoms with Crippen LogP contribution in [0.3, 0.4) is 0 Å². The number of carbonyl (C=O) groups excluding carboxylic acids is 1. The lowest BCUT2D eigenvalue weighted by molar-refractivity contribution is -0.132. The third-order valence-corrected chi connectivity index (χ3v) is 4.84. The van der Waals surface area contributed by atoms with Gasteiger partial charge in [-0.25, -0.2) is 14.2 Å². The molecular formula is C21H14FN3O4S. The molecule has 0 aliphatic carbocycles. The number of aromatic amines is 1. The molecule has 150 valence electrons. The Kier molecular flexibility index (Phi) is 4.88. The maximum atomic E-state index is 13.3. The maximum Gasteiger partial charge on any atom is 0.357 e. The third-order valence-electron chi connectivity index (χ3n) is 4.55. The van der Waals surface area contributed by atoms with Crippen LogP contribution >= 0.6 is 12.2 Å². The molecule has 4 rings (SSSR count). The number of halogens is 1. The number of carbonyl (C=O) groups is 1. The zero-order chi connectivity index (χ0) is 21.4. The summed E-state index contributed by atoms with van der Waals surface area (Å²) in [7, 11) is 1.23. The van der Waals surface area contributed by atoms with Crippen LogP contribution < -0.4 is 5.56 Å². The summed E-state index contributed by atoms with van der Waals surface area (Å²) in [4.78, 5) is 31.6. The minimum Gasteiger partial charge on any atom is -0.494 e. The fourth-order valence-corrected chi connectivity index (χ4v) is 3.43. The molecule has 3 aromatic rings. The van der Waals surface area contributed by atoms with Crippen LogP contribution in [0.15, 0.2) is 58.3 Å². The molecule has 0 unspecified atom stereocenters. The van der Waals surface area contributed by atoms with Crippen molar-refractivity contribution < 1.29 is 19.0 Å². The van der Waals surface area contributed by atoms with E-state index in [9.17, 15) is 19.1 Å². The Labute approximate surface area is 174 Å². The van der Waals surface area contributed by atoms with E-state index in [1.165, 1.54) is 42.0 Å². The number of para-hydroxylation sites is 1. The number of methoxy groups -OCH3 is 1. The molecule has 1 aromatic heterocycles. The zero-order valence-electron chi connectivity index (χ0n) is 15.5. The van der Waals surface area contributed by atoms with Gasteiger partial charge in [-0.3, -0.25) is 14.3 Å². The number of nitrogens with one attached hydrogen (secondary N) is 1. The van der Waals surface area contributed by atoms with Crippen LogP contribution in [0.2, 0.25) is 0 Å². The highest BCUT2D eigenvalue weighted by molar-refractivity contribution is 7.71. The van der Waals surface area contributed by atoms with Crippen molar-refractivity contribution in [2.75, 3.05) is 7.11 Å². The fraction of sp³-hybridized carbons (Fsp3) is 0.0476. The largest absolute Gasteiger partial charge is 0.494 e. The number of aliphatic imine (C=N–C) groups is 1. The lowest BCUT2D eigenvalue weighted by Gasteiger charge is -2.12. The van der Waals surface area contributed by atoms with Crippen LogP contribution in [0.25, 0.3) is 17.3 Å². The van der Waals surface area contributed by atoms with E-state index in [0.29, 0.717) is 22.5 Å². The van der Waals surface area contributed by atoms with E-state index in [1.807, 2.05) is 0 Å². The van der Waals surface area contributed by atoms with Gasteiger partial charge < -0.3 is 9.84 Å². The van der Waals surface area contributed by atoms with E-state index in [1.54, 1.807) is 24.3 Å². The van der Waals surface area contributed by atoms with Gasteiger partial charge in [0.05, 0.1) is 18.5 Å². The van der Waals surface area contributed by atoms with Crippen LogP contribution in [0.5, 0.6) is 5.88 Å². The van der Waals surface area contributed by atoms with E-state index in [4.69, 9.17) is 17.0 Å². The Morgan fingerprint density at radius 2 is 1.93 bits per heavy atom. The number of esters is 1. The summed E-state index contributed by atoms with van der Waals surface area (Å²) in [5.41, 5.74) is 1.02. The number of hydrogen-bond acceptors (Lipinski definition) is 6.